The number of amides is 1. The lowest BCUT2D eigenvalue weighted by molar-refractivity contribution is 0.0480. The van der Waals surface area contributed by atoms with Crippen molar-refractivity contribution < 1.29 is 9.53 Å². The summed E-state index contributed by atoms with van der Waals surface area (Å²) in [4.78, 5) is 10.6. The van der Waals surface area contributed by atoms with E-state index >= 15 is 0 Å². The zero-order valence-corrected chi connectivity index (χ0v) is 10.6. The molecule has 0 aliphatic rings. The summed E-state index contributed by atoms with van der Waals surface area (Å²) < 4.78 is 4.94. The topological polar surface area (TPSA) is 52.3 Å². The molecule has 0 bridgehead atoms. The van der Waals surface area contributed by atoms with Crippen LogP contribution in [0, 0.1) is 0 Å². The van der Waals surface area contributed by atoms with Crippen LogP contribution in [0.4, 0.5) is 4.79 Å². The lowest BCUT2D eigenvalue weighted by Crippen LogP contribution is -2.30. The van der Waals surface area contributed by atoms with Gasteiger partial charge in [-0.25, -0.2) is 4.79 Å². The van der Waals surface area contributed by atoms with Crippen molar-refractivity contribution in [2.75, 3.05) is 0 Å². The van der Waals surface area contributed by atoms with Gasteiger partial charge in [0.1, 0.15) is 5.60 Å². The second-order valence-electron chi connectivity index (χ2n) is 4.46. The number of nitrogens with two attached hydrogens (primary N) is 1. The Labute approximate surface area is 98.4 Å². The summed E-state index contributed by atoms with van der Waals surface area (Å²) in [5.41, 5.74) is 7.51. The summed E-state index contributed by atoms with van der Waals surface area (Å²) in [6, 6.07) is 0. The fourth-order valence-electron chi connectivity index (χ4n) is 1.28. The average molecular weight is 225 g/mol. The molecule has 0 unspecified atom stereocenters. The number of rotatable bonds is 7. The molecule has 0 aromatic rings. The largest absolute Gasteiger partial charge is 0.443 e. The van der Waals surface area contributed by atoms with E-state index in [0.29, 0.717) is 6.42 Å². The molecule has 0 aliphatic heterocycles. The Hall–Kier alpha value is -1.21. The van der Waals surface area contributed by atoms with Crippen LogP contribution in [0.3, 0.4) is 0 Å². The van der Waals surface area contributed by atoms with E-state index in [0.717, 1.165) is 6.42 Å². The van der Waals surface area contributed by atoms with Crippen molar-refractivity contribution >= 4 is 6.09 Å². The Kier molecular flexibility index (Phi) is 7.40. The van der Waals surface area contributed by atoms with E-state index in [4.69, 9.17) is 10.5 Å². The quantitative estimate of drug-likeness (QED) is 0.532. The molecule has 0 atom stereocenters. The number of unbranched alkanes of at least 4 members (excludes halogenated alkanes) is 3. The number of carbonyl (C=O) groups is 1. The lowest BCUT2D eigenvalue weighted by Gasteiger charge is -2.21. The Morgan fingerprint density at radius 2 is 2.06 bits per heavy atom. The molecule has 3 nitrogen and oxygen atoms in total. The Morgan fingerprint density at radius 1 is 1.38 bits per heavy atom. The fourth-order valence-corrected chi connectivity index (χ4v) is 1.28. The SMILES string of the molecule is CCCCCC=C=CCC(C)(C)OC(N)=O. The van der Waals surface area contributed by atoms with Crippen molar-refractivity contribution in [3.05, 3.63) is 17.9 Å². The van der Waals surface area contributed by atoms with Gasteiger partial charge in [-0.15, -0.1) is 5.73 Å². The Bertz CT molecular complexity index is 263. The van der Waals surface area contributed by atoms with E-state index in [2.05, 4.69) is 12.7 Å². The highest BCUT2D eigenvalue weighted by Gasteiger charge is 2.19. The van der Waals surface area contributed by atoms with Crippen LogP contribution in [-0.4, -0.2) is 11.7 Å². The molecule has 0 saturated carbocycles. The summed E-state index contributed by atoms with van der Waals surface area (Å²) in [5.74, 6) is 0. The van der Waals surface area contributed by atoms with Gasteiger partial charge >= 0.3 is 6.09 Å². The highest BCUT2D eigenvalue weighted by Crippen LogP contribution is 2.14. The van der Waals surface area contributed by atoms with Crippen LogP contribution in [-0.2, 0) is 4.74 Å². The molecule has 2 N–H and O–H groups in total. The zero-order chi connectivity index (χ0) is 12.4. The number of carbonyl (C=O) groups excluding carboxylic acids is 1. The van der Waals surface area contributed by atoms with Crippen molar-refractivity contribution in [3.63, 3.8) is 0 Å². The van der Waals surface area contributed by atoms with E-state index in [-0.39, 0.29) is 0 Å². The minimum absolute atomic E-state index is 0.546. The number of hydrogen-bond acceptors (Lipinski definition) is 2. The second kappa shape index (κ2) is 8.00. The minimum Gasteiger partial charge on any atom is -0.443 e. The van der Waals surface area contributed by atoms with Gasteiger partial charge in [0, 0.05) is 6.42 Å². The highest BCUT2D eigenvalue weighted by molar-refractivity contribution is 5.65. The van der Waals surface area contributed by atoms with Crippen LogP contribution in [0.15, 0.2) is 17.9 Å². The third-order valence-corrected chi connectivity index (χ3v) is 2.16. The van der Waals surface area contributed by atoms with Gasteiger partial charge in [-0.05, 0) is 38.8 Å². The average Bonchev–Trinajstić information content (AvgIpc) is 2.14. The third-order valence-electron chi connectivity index (χ3n) is 2.16. The van der Waals surface area contributed by atoms with Crippen LogP contribution in [0.1, 0.15) is 52.9 Å². The summed E-state index contributed by atoms with van der Waals surface area (Å²) in [6.07, 6.45) is 8.56. The van der Waals surface area contributed by atoms with Gasteiger partial charge in [0.05, 0.1) is 0 Å². The van der Waals surface area contributed by atoms with Gasteiger partial charge in [-0.1, -0.05) is 19.8 Å². The molecule has 0 radical (unpaired) electrons. The molecule has 3 heteroatoms. The molecule has 0 aromatic heterocycles. The predicted molar refractivity (Wildman–Crippen MR) is 66.2 cm³/mol. The van der Waals surface area contributed by atoms with Crippen molar-refractivity contribution in [1.82, 2.24) is 0 Å². The zero-order valence-electron chi connectivity index (χ0n) is 10.6. The lowest BCUT2D eigenvalue weighted by atomic mass is 10.1. The maximum atomic E-state index is 10.6. The first kappa shape index (κ1) is 14.8. The van der Waals surface area contributed by atoms with Crippen LogP contribution >= 0.6 is 0 Å². The first-order chi connectivity index (χ1) is 7.48. The van der Waals surface area contributed by atoms with Crippen LogP contribution < -0.4 is 5.73 Å². The van der Waals surface area contributed by atoms with Crippen molar-refractivity contribution in [1.29, 1.82) is 0 Å². The molecule has 0 rings (SSSR count). The molecular formula is C13H23NO2. The van der Waals surface area contributed by atoms with Crippen LogP contribution in [0.5, 0.6) is 0 Å². The molecule has 16 heavy (non-hydrogen) atoms. The number of hydrogen-bond donors (Lipinski definition) is 1. The first-order valence-corrected chi connectivity index (χ1v) is 5.86. The maximum absolute atomic E-state index is 10.6. The summed E-state index contributed by atoms with van der Waals surface area (Å²) >= 11 is 0. The van der Waals surface area contributed by atoms with Crippen LogP contribution in [0.25, 0.3) is 0 Å². The molecule has 0 spiro atoms. The van der Waals surface area contributed by atoms with Gasteiger partial charge < -0.3 is 10.5 Å². The summed E-state index contributed by atoms with van der Waals surface area (Å²) in [6.45, 7) is 5.84. The first-order valence-electron chi connectivity index (χ1n) is 5.86. The van der Waals surface area contributed by atoms with Gasteiger partial charge in [-0.2, -0.15) is 0 Å². The molecule has 0 aromatic carbocycles. The standard InChI is InChI=1S/C13H23NO2/c1-4-5-6-7-8-9-10-11-13(2,3)16-12(14)15/h8,10H,4-7,11H2,1-3H3,(H2,14,15). The van der Waals surface area contributed by atoms with Crippen molar-refractivity contribution in [2.45, 2.75) is 58.5 Å². The molecule has 0 aliphatic carbocycles. The minimum atomic E-state index is -0.731. The van der Waals surface area contributed by atoms with E-state index in [1.807, 2.05) is 26.0 Å². The monoisotopic (exact) mass is 225 g/mol. The van der Waals surface area contributed by atoms with Gasteiger partial charge in [0.25, 0.3) is 0 Å². The third kappa shape index (κ3) is 9.35. The molecule has 0 saturated heterocycles. The molecule has 1 amide bonds. The highest BCUT2D eigenvalue weighted by atomic mass is 16.6. The summed E-state index contributed by atoms with van der Waals surface area (Å²) in [7, 11) is 0. The molecule has 0 heterocycles. The predicted octanol–water partition coefficient (Wildman–Crippen LogP) is 3.54. The van der Waals surface area contributed by atoms with Crippen LogP contribution in [0.2, 0.25) is 0 Å². The summed E-state index contributed by atoms with van der Waals surface area (Å²) in [5, 5.41) is 0. The van der Waals surface area contributed by atoms with E-state index in [9.17, 15) is 4.79 Å². The van der Waals surface area contributed by atoms with Crippen molar-refractivity contribution in [2.24, 2.45) is 5.73 Å². The second-order valence-corrected chi connectivity index (χ2v) is 4.46. The van der Waals surface area contributed by atoms with E-state index < -0.39 is 11.7 Å². The van der Waals surface area contributed by atoms with Crippen molar-refractivity contribution in [3.8, 4) is 0 Å². The maximum Gasteiger partial charge on any atom is 0.405 e. The molecule has 0 fully saturated rings. The normalized spacial score (nSPS) is 10.4. The fraction of sp³-hybridized carbons (Fsp3) is 0.692. The number of ether oxygens (including phenoxy) is 1. The molecule has 92 valence electrons. The van der Waals surface area contributed by atoms with E-state index in [1.165, 1.54) is 19.3 Å². The Balaban J connectivity index is 3.84. The van der Waals surface area contributed by atoms with E-state index in [1.54, 1.807) is 0 Å². The van der Waals surface area contributed by atoms with Gasteiger partial charge in [-0.3, -0.25) is 0 Å². The smallest absolute Gasteiger partial charge is 0.405 e. The van der Waals surface area contributed by atoms with Gasteiger partial charge in [0.2, 0.25) is 0 Å². The van der Waals surface area contributed by atoms with Gasteiger partial charge in [0.15, 0.2) is 0 Å². The Morgan fingerprint density at radius 3 is 2.62 bits per heavy atom. The molecular weight excluding hydrogens is 202 g/mol. The number of primary amides is 1.